The minimum atomic E-state index is 0.509. The highest BCUT2D eigenvalue weighted by molar-refractivity contribution is 7.11. The molecule has 2 heterocycles. The average molecular weight is 278 g/mol. The van der Waals surface area contributed by atoms with Gasteiger partial charge in [-0.15, -0.1) is 11.3 Å². The van der Waals surface area contributed by atoms with Crippen LogP contribution in [0.5, 0.6) is 0 Å². The monoisotopic (exact) mass is 278 g/mol. The normalized spacial score (nSPS) is 17.5. The lowest BCUT2D eigenvalue weighted by molar-refractivity contribution is 0.155. The van der Waals surface area contributed by atoms with Crippen molar-refractivity contribution < 1.29 is 0 Å². The summed E-state index contributed by atoms with van der Waals surface area (Å²) in [5.74, 6) is 0. The molecule has 104 valence electrons. The van der Waals surface area contributed by atoms with Crippen molar-refractivity contribution in [1.82, 2.24) is 14.8 Å². The lowest BCUT2D eigenvalue weighted by atomic mass is 10.2. The molecule has 0 aromatic carbocycles. The maximum absolute atomic E-state index is 8.82. The molecule has 4 nitrogen and oxygen atoms in total. The van der Waals surface area contributed by atoms with E-state index >= 15 is 0 Å². The van der Waals surface area contributed by atoms with Gasteiger partial charge in [-0.1, -0.05) is 6.92 Å². The van der Waals surface area contributed by atoms with Crippen LogP contribution in [-0.4, -0.2) is 54.6 Å². The van der Waals surface area contributed by atoms with Gasteiger partial charge in [-0.25, -0.2) is 4.98 Å². The van der Waals surface area contributed by atoms with Crippen LogP contribution < -0.4 is 0 Å². The quantitative estimate of drug-likeness (QED) is 0.820. The fourth-order valence-corrected chi connectivity index (χ4v) is 3.43. The lowest BCUT2D eigenvalue weighted by Gasteiger charge is -2.32. The standard InChI is InChI=1S/C14H22N4S/c1-3-12-13(4-6-15)19-14(16-12)5-7-18-10-8-17(2)9-11-18/h3-5,7-11H2,1-2H3. The highest BCUT2D eigenvalue weighted by atomic mass is 32.1. The van der Waals surface area contributed by atoms with Crippen molar-refractivity contribution in [3.63, 3.8) is 0 Å². The number of hydrogen-bond donors (Lipinski definition) is 0. The molecule has 19 heavy (non-hydrogen) atoms. The second kappa shape index (κ2) is 6.99. The van der Waals surface area contributed by atoms with Gasteiger partial charge in [0.05, 0.1) is 23.2 Å². The van der Waals surface area contributed by atoms with Gasteiger partial charge < -0.3 is 9.80 Å². The van der Waals surface area contributed by atoms with Gasteiger partial charge in [0.25, 0.3) is 0 Å². The smallest absolute Gasteiger partial charge is 0.0944 e. The van der Waals surface area contributed by atoms with Crippen LogP contribution in [0.3, 0.4) is 0 Å². The third-order valence-corrected chi connectivity index (χ3v) is 4.79. The van der Waals surface area contributed by atoms with E-state index in [1.165, 1.54) is 9.88 Å². The van der Waals surface area contributed by atoms with Crippen molar-refractivity contribution in [2.75, 3.05) is 39.8 Å². The van der Waals surface area contributed by atoms with Gasteiger partial charge >= 0.3 is 0 Å². The summed E-state index contributed by atoms with van der Waals surface area (Å²) in [4.78, 5) is 10.7. The Bertz CT molecular complexity index is 441. The minimum Gasteiger partial charge on any atom is -0.304 e. The summed E-state index contributed by atoms with van der Waals surface area (Å²) < 4.78 is 0. The van der Waals surface area contributed by atoms with Crippen LogP contribution in [0.15, 0.2) is 0 Å². The summed E-state index contributed by atoms with van der Waals surface area (Å²) in [6, 6.07) is 2.24. The second-order valence-electron chi connectivity index (χ2n) is 5.06. The van der Waals surface area contributed by atoms with Gasteiger partial charge in [-0.2, -0.15) is 5.26 Å². The molecule has 1 aliphatic rings. The third-order valence-electron chi connectivity index (χ3n) is 3.63. The number of rotatable bonds is 5. The minimum absolute atomic E-state index is 0.509. The van der Waals surface area contributed by atoms with E-state index < -0.39 is 0 Å². The van der Waals surface area contributed by atoms with E-state index in [4.69, 9.17) is 5.26 Å². The maximum atomic E-state index is 8.82. The molecule has 0 amide bonds. The fraction of sp³-hybridized carbons (Fsp3) is 0.714. The molecule has 1 saturated heterocycles. The van der Waals surface area contributed by atoms with E-state index in [-0.39, 0.29) is 0 Å². The predicted molar refractivity (Wildman–Crippen MR) is 78.5 cm³/mol. The van der Waals surface area contributed by atoms with E-state index in [2.05, 4.69) is 34.8 Å². The van der Waals surface area contributed by atoms with Crippen molar-refractivity contribution in [2.24, 2.45) is 0 Å². The molecule has 2 rings (SSSR count). The zero-order valence-corrected chi connectivity index (χ0v) is 12.7. The Kier molecular flexibility index (Phi) is 5.32. The molecule has 0 radical (unpaired) electrons. The van der Waals surface area contributed by atoms with Gasteiger partial charge in [0.2, 0.25) is 0 Å². The molecule has 0 aliphatic carbocycles. The Balaban J connectivity index is 1.87. The largest absolute Gasteiger partial charge is 0.304 e. The topological polar surface area (TPSA) is 43.2 Å². The molecular weight excluding hydrogens is 256 g/mol. The van der Waals surface area contributed by atoms with Crippen molar-refractivity contribution in [3.8, 4) is 6.07 Å². The molecule has 1 aromatic heterocycles. The molecule has 0 atom stereocenters. The highest BCUT2D eigenvalue weighted by Crippen LogP contribution is 2.20. The number of hydrogen-bond acceptors (Lipinski definition) is 5. The van der Waals surface area contributed by atoms with Gasteiger partial charge in [0.15, 0.2) is 0 Å². The molecular formula is C14H22N4S. The highest BCUT2D eigenvalue weighted by Gasteiger charge is 2.15. The molecule has 0 unspecified atom stereocenters. The zero-order valence-electron chi connectivity index (χ0n) is 11.9. The Morgan fingerprint density at radius 3 is 2.68 bits per heavy atom. The van der Waals surface area contributed by atoms with Crippen LogP contribution in [0, 0.1) is 11.3 Å². The number of likely N-dealkylation sites (N-methyl/N-ethyl adjacent to an activating group) is 1. The van der Waals surface area contributed by atoms with Crippen molar-refractivity contribution >= 4 is 11.3 Å². The molecule has 0 spiro atoms. The zero-order chi connectivity index (χ0) is 13.7. The van der Waals surface area contributed by atoms with E-state index in [1.807, 2.05) is 0 Å². The molecule has 5 heteroatoms. The van der Waals surface area contributed by atoms with Crippen LogP contribution in [0.25, 0.3) is 0 Å². The molecule has 0 N–H and O–H groups in total. The van der Waals surface area contributed by atoms with Crippen LogP contribution in [0.4, 0.5) is 0 Å². The third kappa shape index (κ3) is 4.00. The van der Waals surface area contributed by atoms with Gasteiger partial charge in [-0.05, 0) is 13.5 Å². The first-order valence-electron chi connectivity index (χ1n) is 6.98. The van der Waals surface area contributed by atoms with E-state index in [9.17, 15) is 0 Å². The number of nitrogens with zero attached hydrogens (tertiary/aromatic N) is 4. The Hall–Kier alpha value is -0.960. The van der Waals surface area contributed by atoms with Crippen LogP contribution in [-0.2, 0) is 19.3 Å². The Labute approximate surface area is 119 Å². The summed E-state index contributed by atoms with van der Waals surface area (Å²) in [7, 11) is 2.18. The molecule has 1 fully saturated rings. The Morgan fingerprint density at radius 2 is 2.05 bits per heavy atom. The van der Waals surface area contributed by atoms with E-state index in [1.54, 1.807) is 11.3 Å². The van der Waals surface area contributed by atoms with Crippen molar-refractivity contribution in [1.29, 1.82) is 5.26 Å². The number of aryl methyl sites for hydroxylation is 1. The molecule has 0 bridgehead atoms. The summed E-state index contributed by atoms with van der Waals surface area (Å²) in [5.41, 5.74) is 1.12. The first-order valence-corrected chi connectivity index (χ1v) is 7.80. The van der Waals surface area contributed by atoms with Gasteiger partial charge in [-0.3, -0.25) is 0 Å². The molecule has 1 aromatic rings. The predicted octanol–water partition coefficient (Wildman–Crippen LogP) is 1.56. The van der Waals surface area contributed by atoms with Crippen LogP contribution in [0.1, 0.15) is 22.5 Å². The Morgan fingerprint density at radius 1 is 1.32 bits per heavy atom. The summed E-state index contributed by atoms with van der Waals surface area (Å²) in [6.45, 7) is 7.85. The van der Waals surface area contributed by atoms with Gasteiger partial charge in [0.1, 0.15) is 0 Å². The first-order chi connectivity index (χ1) is 9.22. The number of thiazole rings is 1. The van der Waals surface area contributed by atoms with Crippen molar-refractivity contribution in [2.45, 2.75) is 26.2 Å². The number of aromatic nitrogens is 1. The summed E-state index contributed by atoms with van der Waals surface area (Å²) >= 11 is 1.73. The number of piperazine rings is 1. The SMILES string of the molecule is CCc1nc(CCN2CCN(C)CC2)sc1CC#N. The lowest BCUT2D eigenvalue weighted by Crippen LogP contribution is -2.45. The van der Waals surface area contributed by atoms with Crippen molar-refractivity contribution in [3.05, 3.63) is 15.6 Å². The summed E-state index contributed by atoms with van der Waals surface area (Å²) in [5, 5.41) is 10.0. The molecule has 1 aliphatic heterocycles. The second-order valence-corrected chi connectivity index (χ2v) is 6.23. The van der Waals surface area contributed by atoms with Gasteiger partial charge in [0, 0.05) is 44.0 Å². The van der Waals surface area contributed by atoms with Crippen LogP contribution >= 0.6 is 11.3 Å². The maximum Gasteiger partial charge on any atom is 0.0944 e. The van der Waals surface area contributed by atoms with E-state index in [0.29, 0.717) is 6.42 Å². The molecule has 0 saturated carbocycles. The van der Waals surface area contributed by atoms with E-state index in [0.717, 1.165) is 51.3 Å². The summed E-state index contributed by atoms with van der Waals surface area (Å²) in [6.07, 6.45) is 2.46. The van der Waals surface area contributed by atoms with Crippen LogP contribution in [0.2, 0.25) is 0 Å². The fourth-order valence-electron chi connectivity index (χ4n) is 2.36. The average Bonchev–Trinajstić information content (AvgIpc) is 2.81. The number of nitriles is 1. The first kappa shape index (κ1) is 14.4.